The van der Waals surface area contributed by atoms with Gasteiger partial charge in [0, 0.05) is 24.1 Å². The lowest BCUT2D eigenvalue weighted by atomic mass is 10.1. The quantitative estimate of drug-likeness (QED) is 0.755. The number of carbonyl (C=O) groups excluding carboxylic acids is 1. The highest BCUT2D eigenvalue weighted by Gasteiger charge is 2.08. The molecule has 0 unspecified atom stereocenters. The van der Waals surface area contributed by atoms with Crippen molar-refractivity contribution in [3.05, 3.63) is 71.5 Å². The van der Waals surface area contributed by atoms with Gasteiger partial charge in [-0.2, -0.15) is 10.4 Å². The second kappa shape index (κ2) is 7.20. The molecule has 24 heavy (non-hydrogen) atoms. The standard InChI is InChI=1S/C18H15N5O/c19-12-13-5-4-8-15(11-13)18(24)20-10-9-16-21-17(23-22-16)14-6-2-1-3-7-14/h1-8,11H,9-10H2,(H,20,24)(H,21,22,23). The minimum absolute atomic E-state index is 0.213. The fraction of sp³-hybridized carbons (Fsp3) is 0.111. The first-order chi connectivity index (χ1) is 11.8. The number of nitrogens with one attached hydrogen (secondary N) is 2. The molecule has 0 saturated carbocycles. The van der Waals surface area contributed by atoms with E-state index in [1.807, 2.05) is 36.4 Å². The molecule has 6 heteroatoms. The fourth-order valence-corrected chi connectivity index (χ4v) is 2.25. The Kier molecular flexibility index (Phi) is 4.63. The Hall–Kier alpha value is -3.46. The van der Waals surface area contributed by atoms with Gasteiger partial charge in [-0.1, -0.05) is 36.4 Å². The predicted molar refractivity (Wildman–Crippen MR) is 89.0 cm³/mol. The van der Waals surface area contributed by atoms with Gasteiger partial charge in [0.2, 0.25) is 0 Å². The number of benzene rings is 2. The maximum Gasteiger partial charge on any atom is 0.251 e. The fourth-order valence-electron chi connectivity index (χ4n) is 2.25. The lowest BCUT2D eigenvalue weighted by Crippen LogP contribution is -2.26. The molecule has 2 N–H and O–H groups in total. The smallest absolute Gasteiger partial charge is 0.251 e. The molecule has 118 valence electrons. The first kappa shape index (κ1) is 15.4. The van der Waals surface area contributed by atoms with Gasteiger partial charge < -0.3 is 5.32 Å². The monoisotopic (exact) mass is 317 g/mol. The topological polar surface area (TPSA) is 94.5 Å². The zero-order chi connectivity index (χ0) is 16.8. The SMILES string of the molecule is N#Cc1cccc(C(=O)NCCc2nc(-c3ccccc3)n[nH]2)c1. The average Bonchev–Trinajstić information content (AvgIpc) is 3.11. The van der Waals surface area contributed by atoms with Crippen LogP contribution in [-0.4, -0.2) is 27.6 Å². The largest absolute Gasteiger partial charge is 0.352 e. The number of rotatable bonds is 5. The molecule has 0 fully saturated rings. The van der Waals surface area contributed by atoms with Crippen molar-refractivity contribution >= 4 is 5.91 Å². The number of aromatic nitrogens is 3. The summed E-state index contributed by atoms with van der Waals surface area (Å²) in [6, 6.07) is 18.3. The third-order valence-corrected chi connectivity index (χ3v) is 3.46. The van der Waals surface area contributed by atoms with Crippen LogP contribution in [0, 0.1) is 11.3 Å². The van der Waals surface area contributed by atoms with E-state index in [4.69, 9.17) is 5.26 Å². The molecule has 0 aliphatic rings. The summed E-state index contributed by atoms with van der Waals surface area (Å²) in [6.07, 6.45) is 0.545. The van der Waals surface area contributed by atoms with Crippen LogP contribution in [0.25, 0.3) is 11.4 Å². The zero-order valence-electron chi connectivity index (χ0n) is 12.9. The van der Waals surface area contributed by atoms with E-state index < -0.39 is 0 Å². The molecule has 0 spiro atoms. The minimum atomic E-state index is -0.213. The highest BCUT2D eigenvalue weighted by Crippen LogP contribution is 2.13. The number of aromatic amines is 1. The first-order valence-corrected chi connectivity index (χ1v) is 7.51. The summed E-state index contributed by atoms with van der Waals surface area (Å²) in [4.78, 5) is 16.5. The molecule has 3 aromatic rings. The first-order valence-electron chi connectivity index (χ1n) is 7.51. The molecular weight excluding hydrogens is 302 g/mol. The van der Waals surface area contributed by atoms with Crippen molar-refractivity contribution in [2.75, 3.05) is 6.54 Å². The van der Waals surface area contributed by atoms with Gasteiger partial charge in [0.15, 0.2) is 5.82 Å². The minimum Gasteiger partial charge on any atom is -0.352 e. The number of nitrogens with zero attached hydrogens (tertiary/aromatic N) is 3. The summed E-state index contributed by atoms with van der Waals surface area (Å²) in [5, 5.41) is 18.7. The van der Waals surface area contributed by atoms with Crippen LogP contribution in [0.15, 0.2) is 54.6 Å². The number of hydrogen-bond donors (Lipinski definition) is 2. The molecule has 0 radical (unpaired) electrons. The lowest BCUT2D eigenvalue weighted by Gasteiger charge is -2.04. The molecule has 0 saturated heterocycles. The number of amides is 1. The summed E-state index contributed by atoms with van der Waals surface area (Å²) in [6.45, 7) is 0.430. The molecule has 0 aliphatic carbocycles. The van der Waals surface area contributed by atoms with E-state index in [0.717, 1.165) is 5.56 Å². The van der Waals surface area contributed by atoms with E-state index in [2.05, 4.69) is 20.5 Å². The number of carbonyl (C=O) groups is 1. The number of nitriles is 1. The Bertz CT molecular complexity index is 880. The van der Waals surface area contributed by atoms with Crippen LogP contribution in [0.5, 0.6) is 0 Å². The summed E-state index contributed by atoms with van der Waals surface area (Å²) in [5.74, 6) is 1.13. The van der Waals surface area contributed by atoms with Crippen LogP contribution >= 0.6 is 0 Å². The van der Waals surface area contributed by atoms with Crippen molar-refractivity contribution < 1.29 is 4.79 Å². The van der Waals surface area contributed by atoms with Crippen LogP contribution in [0.4, 0.5) is 0 Å². The van der Waals surface area contributed by atoms with Gasteiger partial charge in [0.05, 0.1) is 11.6 Å². The van der Waals surface area contributed by atoms with Crippen molar-refractivity contribution in [1.82, 2.24) is 20.5 Å². The summed E-state index contributed by atoms with van der Waals surface area (Å²) in [5.41, 5.74) is 1.87. The van der Waals surface area contributed by atoms with Gasteiger partial charge in [0.25, 0.3) is 5.91 Å². The predicted octanol–water partition coefficient (Wildman–Crippen LogP) is 2.32. The number of H-pyrrole nitrogens is 1. The second-order valence-corrected chi connectivity index (χ2v) is 5.17. The Balaban J connectivity index is 1.56. The Morgan fingerprint density at radius 2 is 2.00 bits per heavy atom. The van der Waals surface area contributed by atoms with Gasteiger partial charge in [-0.15, -0.1) is 0 Å². The van der Waals surface area contributed by atoms with E-state index >= 15 is 0 Å². The molecule has 3 rings (SSSR count). The molecule has 0 atom stereocenters. The molecule has 0 bridgehead atoms. The molecule has 2 aromatic carbocycles. The van der Waals surface area contributed by atoms with E-state index in [1.54, 1.807) is 24.3 Å². The average molecular weight is 317 g/mol. The Labute approximate surface area is 139 Å². The van der Waals surface area contributed by atoms with Crippen LogP contribution in [0.2, 0.25) is 0 Å². The number of hydrogen-bond acceptors (Lipinski definition) is 4. The van der Waals surface area contributed by atoms with Gasteiger partial charge in [-0.25, -0.2) is 4.98 Å². The van der Waals surface area contributed by atoms with Crippen molar-refractivity contribution in [3.63, 3.8) is 0 Å². The van der Waals surface area contributed by atoms with Crippen LogP contribution in [-0.2, 0) is 6.42 Å². The maximum absolute atomic E-state index is 12.1. The van der Waals surface area contributed by atoms with Gasteiger partial charge in [0.1, 0.15) is 5.82 Å². The van der Waals surface area contributed by atoms with Crippen molar-refractivity contribution in [3.8, 4) is 17.5 Å². The van der Waals surface area contributed by atoms with E-state index in [-0.39, 0.29) is 5.91 Å². The highest BCUT2D eigenvalue weighted by molar-refractivity contribution is 5.94. The Morgan fingerprint density at radius 1 is 1.17 bits per heavy atom. The van der Waals surface area contributed by atoms with E-state index in [9.17, 15) is 4.79 Å². The molecule has 6 nitrogen and oxygen atoms in total. The van der Waals surface area contributed by atoms with E-state index in [0.29, 0.717) is 35.7 Å². The molecule has 1 aromatic heterocycles. The summed E-state index contributed by atoms with van der Waals surface area (Å²) < 4.78 is 0. The maximum atomic E-state index is 12.1. The second-order valence-electron chi connectivity index (χ2n) is 5.17. The molecule has 1 amide bonds. The Morgan fingerprint density at radius 3 is 2.79 bits per heavy atom. The van der Waals surface area contributed by atoms with Crippen LogP contribution in [0.3, 0.4) is 0 Å². The normalized spacial score (nSPS) is 10.1. The zero-order valence-corrected chi connectivity index (χ0v) is 12.9. The lowest BCUT2D eigenvalue weighted by molar-refractivity contribution is 0.0954. The third-order valence-electron chi connectivity index (χ3n) is 3.46. The van der Waals surface area contributed by atoms with Gasteiger partial charge >= 0.3 is 0 Å². The van der Waals surface area contributed by atoms with E-state index in [1.165, 1.54) is 0 Å². The summed E-state index contributed by atoms with van der Waals surface area (Å²) >= 11 is 0. The van der Waals surface area contributed by atoms with Crippen molar-refractivity contribution in [2.24, 2.45) is 0 Å². The van der Waals surface area contributed by atoms with Gasteiger partial charge in [-0.05, 0) is 18.2 Å². The van der Waals surface area contributed by atoms with Gasteiger partial charge in [-0.3, -0.25) is 9.89 Å². The highest BCUT2D eigenvalue weighted by atomic mass is 16.1. The molecule has 0 aliphatic heterocycles. The third kappa shape index (κ3) is 3.65. The van der Waals surface area contributed by atoms with Crippen molar-refractivity contribution in [2.45, 2.75) is 6.42 Å². The molecular formula is C18H15N5O. The van der Waals surface area contributed by atoms with Crippen molar-refractivity contribution in [1.29, 1.82) is 5.26 Å². The van der Waals surface area contributed by atoms with Crippen LogP contribution < -0.4 is 5.32 Å². The summed E-state index contributed by atoms with van der Waals surface area (Å²) in [7, 11) is 0. The molecule has 1 heterocycles. The van der Waals surface area contributed by atoms with Crippen LogP contribution in [0.1, 0.15) is 21.7 Å².